The largest absolute Gasteiger partial charge is 0.339 e. The molecule has 2 aromatic carbocycles. The first kappa shape index (κ1) is 19.6. The van der Waals surface area contributed by atoms with Crippen LogP contribution in [0.4, 0.5) is 10.5 Å². The number of carbonyl (C=O) groups is 2. The van der Waals surface area contributed by atoms with Gasteiger partial charge in [0, 0.05) is 30.2 Å². The molecule has 0 bridgehead atoms. The van der Waals surface area contributed by atoms with Crippen LogP contribution in [-0.2, 0) is 0 Å². The minimum absolute atomic E-state index is 0.0445. The fourth-order valence-corrected chi connectivity index (χ4v) is 3.22. The van der Waals surface area contributed by atoms with Crippen LogP contribution in [0.3, 0.4) is 0 Å². The Morgan fingerprint density at radius 2 is 1.61 bits per heavy atom. The summed E-state index contributed by atoms with van der Waals surface area (Å²) in [6, 6.07) is 20.7. The Labute approximate surface area is 168 Å². The van der Waals surface area contributed by atoms with E-state index in [0.29, 0.717) is 16.9 Å². The predicted octanol–water partition coefficient (Wildman–Crippen LogP) is 5.08. The molecule has 1 aromatic heterocycles. The minimum Gasteiger partial charge on any atom is -0.339 e. The van der Waals surface area contributed by atoms with Crippen LogP contribution in [0.25, 0.3) is 11.3 Å². The summed E-state index contributed by atoms with van der Waals surface area (Å²) >= 11 is 1.14. The lowest BCUT2D eigenvalue weighted by atomic mass is 10.1. The van der Waals surface area contributed by atoms with Gasteiger partial charge in [0.05, 0.1) is 17.0 Å². The molecule has 0 unspecified atom stereocenters. The summed E-state index contributed by atoms with van der Waals surface area (Å²) in [4.78, 5) is 31.3. The zero-order valence-corrected chi connectivity index (χ0v) is 16.8. The smallest absolute Gasteiger partial charge is 0.285 e. The van der Waals surface area contributed by atoms with Gasteiger partial charge in [-0.1, -0.05) is 30.3 Å². The van der Waals surface area contributed by atoms with E-state index in [0.717, 1.165) is 27.9 Å². The molecule has 0 fully saturated rings. The third kappa shape index (κ3) is 4.78. The highest BCUT2D eigenvalue weighted by molar-refractivity contribution is 8.13. The summed E-state index contributed by atoms with van der Waals surface area (Å²) < 4.78 is 0. The molecule has 5 nitrogen and oxygen atoms in total. The van der Waals surface area contributed by atoms with Crippen molar-refractivity contribution >= 4 is 28.6 Å². The molecule has 0 spiro atoms. The molecule has 1 heterocycles. The van der Waals surface area contributed by atoms with Gasteiger partial charge >= 0.3 is 0 Å². The van der Waals surface area contributed by atoms with E-state index < -0.39 is 0 Å². The number of aromatic nitrogens is 1. The maximum atomic E-state index is 12.6. The van der Waals surface area contributed by atoms with Crippen LogP contribution in [0.5, 0.6) is 0 Å². The topological polar surface area (TPSA) is 62.3 Å². The molecule has 0 saturated carbocycles. The third-order valence-corrected chi connectivity index (χ3v) is 5.13. The molecule has 0 atom stereocenters. The van der Waals surface area contributed by atoms with Crippen molar-refractivity contribution in [1.82, 2.24) is 9.88 Å². The van der Waals surface area contributed by atoms with E-state index in [1.807, 2.05) is 55.5 Å². The van der Waals surface area contributed by atoms with Crippen molar-refractivity contribution in [2.24, 2.45) is 0 Å². The van der Waals surface area contributed by atoms with Gasteiger partial charge in [0.15, 0.2) is 0 Å². The SMILES string of the molecule is Cc1nc(-c2ccccc2)ccc1C(=O)Nc1ccc(SC(=O)N(C)C)cc1. The number of aryl methyl sites for hydroxylation is 1. The number of thioether (sulfide) groups is 1. The molecule has 2 amide bonds. The molecular formula is C22H21N3O2S. The van der Waals surface area contributed by atoms with Gasteiger partial charge in [-0.3, -0.25) is 14.6 Å². The highest BCUT2D eigenvalue weighted by Gasteiger charge is 2.12. The maximum absolute atomic E-state index is 12.6. The Hall–Kier alpha value is -3.12. The van der Waals surface area contributed by atoms with Crippen LogP contribution in [0.15, 0.2) is 71.6 Å². The third-order valence-electron chi connectivity index (χ3n) is 4.08. The van der Waals surface area contributed by atoms with Gasteiger partial charge in [0.2, 0.25) is 0 Å². The molecule has 6 heteroatoms. The van der Waals surface area contributed by atoms with E-state index >= 15 is 0 Å². The van der Waals surface area contributed by atoms with Crippen molar-refractivity contribution in [3.63, 3.8) is 0 Å². The summed E-state index contributed by atoms with van der Waals surface area (Å²) in [5.74, 6) is -0.214. The maximum Gasteiger partial charge on any atom is 0.285 e. The molecule has 3 rings (SSSR count). The number of rotatable bonds is 4. The summed E-state index contributed by atoms with van der Waals surface area (Å²) in [5.41, 5.74) is 3.71. The second-order valence-corrected chi connectivity index (χ2v) is 7.46. The number of nitrogens with zero attached hydrogens (tertiary/aromatic N) is 2. The number of benzene rings is 2. The zero-order valence-electron chi connectivity index (χ0n) is 16.0. The average molecular weight is 391 g/mol. The van der Waals surface area contributed by atoms with Gasteiger partial charge in [-0.05, 0) is 55.1 Å². The Morgan fingerprint density at radius 1 is 0.929 bits per heavy atom. The minimum atomic E-state index is -0.214. The first-order valence-corrected chi connectivity index (χ1v) is 9.59. The second kappa shape index (κ2) is 8.71. The van der Waals surface area contributed by atoms with Crippen molar-refractivity contribution in [2.75, 3.05) is 19.4 Å². The van der Waals surface area contributed by atoms with Crippen molar-refractivity contribution in [3.8, 4) is 11.3 Å². The van der Waals surface area contributed by atoms with E-state index in [-0.39, 0.29) is 11.1 Å². The zero-order chi connectivity index (χ0) is 20.1. The number of carbonyl (C=O) groups excluding carboxylic acids is 2. The van der Waals surface area contributed by atoms with Crippen LogP contribution in [0.1, 0.15) is 16.1 Å². The molecule has 0 aliphatic rings. The van der Waals surface area contributed by atoms with Gasteiger partial charge in [0.25, 0.3) is 11.1 Å². The van der Waals surface area contributed by atoms with Crippen molar-refractivity contribution in [2.45, 2.75) is 11.8 Å². The molecule has 142 valence electrons. The standard InChI is InChI=1S/C22H21N3O2S/c1-15-19(13-14-20(23-15)16-7-5-4-6-8-16)21(26)24-17-9-11-18(12-10-17)28-22(27)25(2)3/h4-14H,1-3H3,(H,24,26). The number of pyridine rings is 1. The molecular weight excluding hydrogens is 370 g/mol. The molecule has 1 N–H and O–H groups in total. The van der Waals surface area contributed by atoms with E-state index in [2.05, 4.69) is 10.3 Å². The fraction of sp³-hybridized carbons (Fsp3) is 0.136. The summed E-state index contributed by atoms with van der Waals surface area (Å²) in [5, 5.41) is 2.83. The van der Waals surface area contributed by atoms with Crippen LogP contribution >= 0.6 is 11.8 Å². The average Bonchev–Trinajstić information content (AvgIpc) is 2.69. The number of hydrogen-bond acceptors (Lipinski definition) is 4. The number of anilines is 1. The van der Waals surface area contributed by atoms with Gasteiger partial charge in [-0.2, -0.15) is 0 Å². The van der Waals surface area contributed by atoms with Crippen LogP contribution < -0.4 is 5.32 Å². The lowest BCUT2D eigenvalue weighted by Crippen LogP contribution is -2.16. The Morgan fingerprint density at radius 3 is 2.21 bits per heavy atom. The molecule has 0 aliphatic heterocycles. The lowest BCUT2D eigenvalue weighted by Gasteiger charge is -2.11. The Bertz CT molecular complexity index is 986. The van der Waals surface area contributed by atoms with Crippen molar-refractivity contribution in [1.29, 1.82) is 0 Å². The molecule has 0 radical (unpaired) electrons. The number of hydrogen-bond donors (Lipinski definition) is 1. The van der Waals surface area contributed by atoms with Crippen LogP contribution in [-0.4, -0.2) is 35.1 Å². The second-order valence-electron chi connectivity index (χ2n) is 6.44. The Kier molecular flexibility index (Phi) is 6.11. The quantitative estimate of drug-likeness (QED) is 0.630. The number of amides is 2. The van der Waals surface area contributed by atoms with E-state index in [9.17, 15) is 9.59 Å². The normalized spacial score (nSPS) is 10.4. The highest BCUT2D eigenvalue weighted by Crippen LogP contribution is 2.23. The van der Waals surface area contributed by atoms with E-state index in [1.165, 1.54) is 4.90 Å². The fourth-order valence-electron chi connectivity index (χ4n) is 2.57. The predicted molar refractivity (Wildman–Crippen MR) is 114 cm³/mol. The summed E-state index contributed by atoms with van der Waals surface area (Å²) in [6.45, 7) is 1.83. The van der Waals surface area contributed by atoms with Crippen molar-refractivity contribution in [3.05, 3.63) is 78.0 Å². The van der Waals surface area contributed by atoms with Gasteiger partial charge < -0.3 is 10.2 Å². The van der Waals surface area contributed by atoms with Crippen LogP contribution in [0, 0.1) is 6.92 Å². The van der Waals surface area contributed by atoms with E-state index in [1.54, 1.807) is 32.3 Å². The van der Waals surface area contributed by atoms with Gasteiger partial charge in [-0.25, -0.2) is 0 Å². The molecule has 0 saturated heterocycles. The number of nitrogens with one attached hydrogen (secondary N) is 1. The lowest BCUT2D eigenvalue weighted by molar-refractivity contribution is 0.102. The molecule has 3 aromatic rings. The molecule has 28 heavy (non-hydrogen) atoms. The molecule has 0 aliphatic carbocycles. The Balaban J connectivity index is 1.70. The van der Waals surface area contributed by atoms with Crippen LogP contribution in [0.2, 0.25) is 0 Å². The summed E-state index contributed by atoms with van der Waals surface area (Å²) in [6.07, 6.45) is 0. The van der Waals surface area contributed by atoms with Gasteiger partial charge in [0.1, 0.15) is 0 Å². The highest BCUT2D eigenvalue weighted by atomic mass is 32.2. The monoisotopic (exact) mass is 391 g/mol. The first-order chi connectivity index (χ1) is 13.4. The van der Waals surface area contributed by atoms with Gasteiger partial charge in [-0.15, -0.1) is 0 Å². The first-order valence-electron chi connectivity index (χ1n) is 8.77. The van der Waals surface area contributed by atoms with Crippen molar-refractivity contribution < 1.29 is 9.59 Å². The van der Waals surface area contributed by atoms with E-state index in [4.69, 9.17) is 0 Å². The summed E-state index contributed by atoms with van der Waals surface area (Å²) in [7, 11) is 3.42.